The van der Waals surface area contributed by atoms with Gasteiger partial charge in [-0.05, 0) is 76.1 Å². The molecule has 0 aliphatic heterocycles. The maximum Gasteiger partial charge on any atom is 0.220 e. The molecule has 2 aromatic carbocycles. The van der Waals surface area contributed by atoms with Crippen LogP contribution >= 0.6 is 0 Å². The molecule has 0 saturated carbocycles. The number of aromatic amines is 2. The van der Waals surface area contributed by atoms with Crippen LogP contribution in [-0.4, -0.2) is 71.0 Å². The molecule has 0 spiro atoms. The van der Waals surface area contributed by atoms with Gasteiger partial charge >= 0.3 is 0 Å². The van der Waals surface area contributed by atoms with Gasteiger partial charge in [0, 0.05) is 38.8 Å². The van der Waals surface area contributed by atoms with E-state index in [-0.39, 0.29) is 38.1 Å². The predicted octanol–water partition coefficient (Wildman–Crippen LogP) is 4.61. The molecule has 2 amide bonds. The number of fused-ring (bicyclic) bond motifs is 2. The summed E-state index contributed by atoms with van der Waals surface area (Å²) in [6, 6.07) is 15.8. The summed E-state index contributed by atoms with van der Waals surface area (Å²) < 4.78 is 0. The van der Waals surface area contributed by atoms with E-state index in [4.69, 9.17) is 0 Å². The first-order valence-electron chi connectivity index (χ1n) is 15.0. The number of amides is 2. The van der Waals surface area contributed by atoms with Gasteiger partial charge in [-0.1, -0.05) is 38.1 Å². The molecule has 6 N–H and O–H groups in total. The Kier molecular flexibility index (Phi) is 24.1. The fourth-order valence-electron chi connectivity index (χ4n) is 4.70. The molecule has 0 atom stereocenters. The summed E-state index contributed by atoms with van der Waals surface area (Å²) >= 11 is 0. The fourth-order valence-corrected chi connectivity index (χ4v) is 4.70. The van der Waals surface area contributed by atoms with Crippen LogP contribution in [0.25, 0.3) is 22.1 Å². The third kappa shape index (κ3) is 15.8. The Morgan fingerprint density at radius 3 is 1.35 bits per heavy atom. The molecule has 2 aromatic heterocycles. The number of unbranched alkanes of at least 4 members (excludes halogenated alkanes) is 2. The summed E-state index contributed by atoms with van der Waals surface area (Å²) in [5.74, 6) is 1.85. The number of carbonyl (C=O) groups excluding carboxylic acids is 2. The van der Waals surface area contributed by atoms with Crippen molar-refractivity contribution in [2.24, 2.45) is 0 Å². The number of imidazole rings is 2. The Morgan fingerprint density at radius 1 is 0.543 bits per heavy atom. The molecule has 4 aromatic rings. The summed E-state index contributed by atoms with van der Waals surface area (Å²) in [5.41, 5.74) is 3.90. The normalized spacial score (nSPS) is 10.1. The van der Waals surface area contributed by atoms with Gasteiger partial charge in [-0.2, -0.15) is 0 Å². The molecule has 10 nitrogen and oxygen atoms in total. The number of hydrogen-bond donors (Lipinski definition) is 6. The highest BCUT2D eigenvalue weighted by Crippen LogP contribution is 2.12. The molecule has 0 saturated heterocycles. The lowest BCUT2D eigenvalue weighted by Crippen LogP contribution is -2.28. The van der Waals surface area contributed by atoms with Crippen LogP contribution in [-0.2, 0) is 22.4 Å². The first-order chi connectivity index (χ1) is 20.2. The van der Waals surface area contributed by atoms with E-state index in [0.717, 1.165) is 85.6 Å². The van der Waals surface area contributed by atoms with Gasteiger partial charge < -0.3 is 31.2 Å². The number of halogens is 4. The van der Waals surface area contributed by atoms with Gasteiger partial charge in [0.25, 0.3) is 0 Å². The van der Waals surface area contributed by atoms with Crippen LogP contribution in [0, 0.1) is 0 Å². The first kappa shape index (κ1) is 44.1. The fraction of sp³-hybridized carbons (Fsp3) is 0.500. The first-order valence-corrected chi connectivity index (χ1v) is 15.0. The summed E-state index contributed by atoms with van der Waals surface area (Å²) in [6.07, 6.45) is 7.45. The van der Waals surface area contributed by atoms with Crippen LogP contribution in [0.15, 0.2) is 48.5 Å². The minimum atomic E-state index is 0. The molecular formula is C32H52F4N8O2. The van der Waals surface area contributed by atoms with Crippen molar-refractivity contribution in [2.45, 2.75) is 65.2 Å². The van der Waals surface area contributed by atoms with Crippen molar-refractivity contribution in [1.29, 1.82) is 0 Å². The van der Waals surface area contributed by atoms with Crippen LogP contribution in [0.5, 0.6) is 0 Å². The Bertz CT molecular complexity index is 1200. The third-order valence-corrected chi connectivity index (χ3v) is 6.97. The van der Waals surface area contributed by atoms with E-state index in [0.29, 0.717) is 38.8 Å². The number of nitrogens with one attached hydrogen (secondary N) is 6. The number of aromatic nitrogens is 4. The summed E-state index contributed by atoms with van der Waals surface area (Å²) in [7, 11) is 0. The second-order valence-electron chi connectivity index (χ2n) is 10.4. The average molecular weight is 657 g/mol. The SMILES string of the molecule is C.F.F.F.F.O=C(CCc1nc2ccccc2[nH]1)NCCCNCCCCCNCCCNC(=O)CCc1nc2ccccc2[nH]1. The van der Waals surface area contributed by atoms with E-state index in [1.54, 1.807) is 0 Å². The largest absolute Gasteiger partial charge is 0.356 e. The lowest BCUT2D eigenvalue weighted by molar-refractivity contribution is -0.121. The maximum absolute atomic E-state index is 12.1. The molecule has 0 aliphatic carbocycles. The number of hydrogen-bond acceptors (Lipinski definition) is 6. The maximum atomic E-state index is 12.1. The van der Waals surface area contributed by atoms with Crippen molar-refractivity contribution < 1.29 is 28.4 Å². The molecule has 14 heteroatoms. The number of rotatable bonds is 20. The average Bonchev–Trinajstić information content (AvgIpc) is 3.60. The van der Waals surface area contributed by atoms with Gasteiger partial charge in [-0.3, -0.25) is 28.4 Å². The number of aryl methyl sites for hydroxylation is 2. The van der Waals surface area contributed by atoms with Gasteiger partial charge in [-0.25, -0.2) is 9.97 Å². The molecule has 0 unspecified atom stereocenters. The van der Waals surface area contributed by atoms with Crippen LogP contribution in [0.3, 0.4) is 0 Å². The zero-order valence-corrected chi connectivity index (χ0v) is 25.6. The minimum absolute atomic E-state index is 0. The highest BCUT2D eigenvalue weighted by molar-refractivity contribution is 5.78. The second-order valence-corrected chi connectivity index (χ2v) is 10.4. The molecule has 0 radical (unpaired) electrons. The standard InChI is InChI=1S/C31H44N8O2.CH4.4FH/c40-30(16-14-28-36-24-10-2-3-11-25(24)37-28)34-22-8-20-32-18-6-1-7-19-33-21-9-23-35-31(41)17-15-29-38-26-12-4-5-13-27(26)39-29;;;;;/h2-5,10-13,32-33H,1,6-9,14-23H2,(H,34,40)(H,35,41)(H,36,37)(H,38,39);1H4;4*1H. The number of nitrogens with zero attached hydrogens (tertiary/aromatic N) is 2. The monoisotopic (exact) mass is 656 g/mol. The molecular weight excluding hydrogens is 604 g/mol. The highest BCUT2D eigenvalue weighted by Gasteiger charge is 2.07. The van der Waals surface area contributed by atoms with E-state index in [9.17, 15) is 9.59 Å². The molecule has 46 heavy (non-hydrogen) atoms. The van der Waals surface area contributed by atoms with Gasteiger partial charge in [-0.15, -0.1) is 0 Å². The molecule has 0 bridgehead atoms. The van der Waals surface area contributed by atoms with Gasteiger partial charge in [0.2, 0.25) is 11.8 Å². The second kappa shape index (κ2) is 25.2. The number of H-pyrrole nitrogens is 2. The van der Waals surface area contributed by atoms with E-state index in [1.165, 1.54) is 6.42 Å². The van der Waals surface area contributed by atoms with Crippen LogP contribution in [0.4, 0.5) is 18.8 Å². The summed E-state index contributed by atoms with van der Waals surface area (Å²) in [5, 5.41) is 12.9. The van der Waals surface area contributed by atoms with Gasteiger partial charge in [0.1, 0.15) is 11.6 Å². The van der Waals surface area contributed by atoms with Crippen LogP contribution < -0.4 is 21.3 Å². The van der Waals surface area contributed by atoms with E-state index >= 15 is 0 Å². The molecule has 0 aliphatic rings. The van der Waals surface area contributed by atoms with Crippen molar-refractivity contribution in [2.75, 3.05) is 39.3 Å². The lowest BCUT2D eigenvalue weighted by Gasteiger charge is -2.08. The number of benzene rings is 2. The summed E-state index contributed by atoms with van der Waals surface area (Å²) in [6.45, 7) is 5.20. The molecule has 260 valence electrons. The topological polar surface area (TPSA) is 140 Å². The minimum Gasteiger partial charge on any atom is -0.356 e. The van der Waals surface area contributed by atoms with E-state index < -0.39 is 0 Å². The smallest absolute Gasteiger partial charge is 0.220 e. The highest BCUT2D eigenvalue weighted by atomic mass is 19.0. The third-order valence-electron chi connectivity index (χ3n) is 6.97. The number of para-hydroxylation sites is 4. The Hall–Kier alpha value is -4.04. The molecule has 2 heterocycles. The molecule has 0 fully saturated rings. The van der Waals surface area contributed by atoms with Gasteiger partial charge in [0.05, 0.1) is 22.1 Å². The zero-order valence-electron chi connectivity index (χ0n) is 25.6. The van der Waals surface area contributed by atoms with Crippen LogP contribution in [0.2, 0.25) is 0 Å². The van der Waals surface area contributed by atoms with Crippen molar-refractivity contribution in [1.82, 2.24) is 41.2 Å². The van der Waals surface area contributed by atoms with Crippen molar-refractivity contribution in [3.63, 3.8) is 0 Å². The Balaban J connectivity index is 0. The van der Waals surface area contributed by atoms with Crippen molar-refractivity contribution in [3.8, 4) is 0 Å². The van der Waals surface area contributed by atoms with Crippen LogP contribution in [0.1, 0.15) is 64.0 Å². The van der Waals surface area contributed by atoms with Gasteiger partial charge in [0.15, 0.2) is 0 Å². The Morgan fingerprint density at radius 2 is 0.935 bits per heavy atom. The Labute approximate surface area is 268 Å². The van der Waals surface area contributed by atoms with Crippen molar-refractivity contribution >= 4 is 33.9 Å². The lowest BCUT2D eigenvalue weighted by atomic mass is 10.2. The molecule has 4 rings (SSSR count). The van der Waals surface area contributed by atoms with E-state index in [2.05, 4.69) is 41.2 Å². The van der Waals surface area contributed by atoms with Crippen molar-refractivity contribution in [3.05, 3.63) is 60.2 Å². The quantitative estimate of drug-likeness (QED) is 0.0607. The predicted molar refractivity (Wildman–Crippen MR) is 180 cm³/mol. The zero-order chi connectivity index (χ0) is 28.5. The van der Waals surface area contributed by atoms with E-state index in [1.807, 2.05) is 48.5 Å². The number of carbonyl (C=O) groups is 2. The summed E-state index contributed by atoms with van der Waals surface area (Å²) in [4.78, 5) is 39.7.